The quantitative estimate of drug-likeness (QED) is 0.657. The number of hydrogen-bond acceptors (Lipinski definition) is 3. The Morgan fingerprint density at radius 2 is 1.73 bits per heavy atom. The first kappa shape index (κ1) is 15.7. The number of carbonyl (C=O) groups is 2. The Morgan fingerprint density at radius 3 is 2.32 bits per heavy atom. The first-order valence-corrected chi connectivity index (χ1v) is 6.82. The van der Waals surface area contributed by atoms with Crippen LogP contribution < -0.4 is 5.43 Å². The van der Waals surface area contributed by atoms with Crippen LogP contribution in [0.4, 0.5) is 0 Å². The van der Waals surface area contributed by atoms with Gasteiger partial charge in [0.2, 0.25) is 5.91 Å². The lowest BCUT2D eigenvalue weighted by molar-refractivity contribution is -0.120. The largest absolute Gasteiger partial charge is 0.478 e. The number of carboxylic acid groups (broad SMARTS) is 1. The van der Waals surface area contributed by atoms with E-state index in [9.17, 15) is 9.59 Å². The number of amides is 1. The predicted molar refractivity (Wildman–Crippen MR) is 84.3 cm³/mol. The second kappa shape index (κ2) is 7.38. The number of halogens is 1. The Balaban J connectivity index is 1.87. The maximum Gasteiger partial charge on any atom is 0.335 e. The minimum absolute atomic E-state index is 0.198. The molecule has 0 atom stereocenters. The van der Waals surface area contributed by atoms with Crippen LogP contribution in [0.25, 0.3) is 0 Å². The Morgan fingerprint density at radius 1 is 1.09 bits per heavy atom. The lowest BCUT2D eigenvalue weighted by Gasteiger charge is -2.01. The molecular formula is C16H13ClN2O3. The topological polar surface area (TPSA) is 78.8 Å². The maximum atomic E-state index is 11.7. The monoisotopic (exact) mass is 316 g/mol. The van der Waals surface area contributed by atoms with Crippen LogP contribution in [0.3, 0.4) is 0 Å². The van der Waals surface area contributed by atoms with Crippen molar-refractivity contribution in [2.45, 2.75) is 6.42 Å². The van der Waals surface area contributed by atoms with Gasteiger partial charge in [0.1, 0.15) is 0 Å². The van der Waals surface area contributed by atoms with Gasteiger partial charge >= 0.3 is 5.97 Å². The average Bonchev–Trinajstić information content (AvgIpc) is 2.50. The molecule has 2 aromatic rings. The molecule has 22 heavy (non-hydrogen) atoms. The molecule has 2 N–H and O–H groups in total. The molecule has 0 aliphatic rings. The second-order valence-electron chi connectivity index (χ2n) is 4.52. The summed E-state index contributed by atoms with van der Waals surface area (Å²) in [5, 5.41) is 13.2. The standard InChI is InChI=1S/C16H13ClN2O3/c17-14-7-3-11(4-8-14)9-15(20)19-18-10-12-1-5-13(6-2-12)16(21)22/h1-8,10H,9H2,(H,19,20)(H,21,22)/b18-10-. The molecule has 0 fully saturated rings. The van der Waals surface area contributed by atoms with Gasteiger partial charge in [0, 0.05) is 5.02 Å². The number of hydrazone groups is 1. The fourth-order valence-electron chi connectivity index (χ4n) is 1.72. The zero-order valence-corrected chi connectivity index (χ0v) is 12.2. The minimum Gasteiger partial charge on any atom is -0.478 e. The van der Waals surface area contributed by atoms with Crippen LogP contribution in [0.5, 0.6) is 0 Å². The molecular weight excluding hydrogens is 304 g/mol. The van der Waals surface area contributed by atoms with E-state index in [2.05, 4.69) is 10.5 Å². The number of aromatic carboxylic acids is 1. The third-order valence-electron chi connectivity index (χ3n) is 2.84. The molecule has 0 aliphatic heterocycles. The smallest absolute Gasteiger partial charge is 0.335 e. The van der Waals surface area contributed by atoms with E-state index in [1.165, 1.54) is 18.3 Å². The second-order valence-corrected chi connectivity index (χ2v) is 4.96. The molecule has 0 bridgehead atoms. The highest BCUT2D eigenvalue weighted by Crippen LogP contribution is 2.09. The highest BCUT2D eigenvalue weighted by molar-refractivity contribution is 6.30. The van der Waals surface area contributed by atoms with Gasteiger partial charge in [-0.2, -0.15) is 5.10 Å². The number of carbonyl (C=O) groups excluding carboxylic acids is 1. The number of rotatable bonds is 5. The van der Waals surface area contributed by atoms with E-state index < -0.39 is 5.97 Å². The van der Waals surface area contributed by atoms with E-state index in [4.69, 9.17) is 16.7 Å². The molecule has 0 unspecified atom stereocenters. The Hall–Kier alpha value is -2.66. The first-order valence-electron chi connectivity index (χ1n) is 6.44. The van der Waals surface area contributed by atoms with Crippen molar-refractivity contribution in [3.63, 3.8) is 0 Å². The van der Waals surface area contributed by atoms with E-state index in [0.717, 1.165) is 5.56 Å². The van der Waals surface area contributed by atoms with E-state index in [1.54, 1.807) is 36.4 Å². The van der Waals surface area contributed by atoms with Crippen molar-refractivity contribution < 1.29 is 14.7 Å². The van der Waals surface area contributed by atoms with Crippen LogP contribution in [0.15, 0.2) is 53.6 Å². The number of carboxylic acids is 1. The lowest BCUT2D eigenvalue weighted by atomic mass is 10.1. The summed E-state index contributed by atoms with van der Waals surface area (Å²) in [7, 11) is 0. The highest BCUT2D eigenvalue weighted by atomic mass is 35.5. The van der Waals surface area contributed by atoms with E-state index in [1.807, 2.05) is 0 Å². The van der Waals surface area contributed by atoms with Gasteiger partial charge in [0.05, 0.1) is 18.2 Å². The van der Waals surface area contributed by atoms with Crippen LogP contribution in [0.2, 0.25) is 5.02 Å². The number of hydrogen-bond donors (Lipinski definition) is 2. The maximum absolute atomic E-state index is 11.7. The summed E-state index contributed by atoms with van der Waals surface area (Å²) in [6.07, 6.45) is 1.65. The third-order valence-corrected chi connectivity index (χ3v) is 3.09. The van der Waals surface area contributed by atoms with Crippen molar-refractivity contribution in [2.24, 2.45) is 5.10 Å². The summed E-state index contributed by atoms with van der Waals surface area (Å²) >= 11 is 5.77. The Labute approximate surface area is 132 Å². The molecule has 0 radical (unpaired) electrons. The molecule has 1 amide bonds. The molecule has 2 aromatic carbocycles. The lowest BCUT2D eigenvalue weighted by Crippen LogP contribution is -2.19. The summed E-state index contributed by atoms with van der Waals surface area (Å²) in [6.45, 7) is 0. The fraction of sp³-hybridized carbons (Fsp3) is 0.0625. The van der Waals surface area contributed by atoms with E-state index in [-0.39, 0.29) is 17.9 Å². The van der Waals surface area contributed by atoms with E-state index >= 15 is 0 Å². The van der Waals surface area contributed by atoms with Crippen molar-refractivity contribution in [2.75, 3.05) is 0 Å². The fourth-order valence-corrected chi connectivity index (χ4v) is 1.84. The first-order chi connectivity index (χ1) is 10.5. The number of nitrogens with zero attached hydrogens (tertiary/aromatic N) is 1. The summed E-state index contributed by atoms with van der Waals surface area (Å²) in [5.74, 6) is -1.24. The number of nitrogens with one attached hydrogen (secondary N) is 1. The van der Waals surface area contributed by atoms with Gasteiger partial charge in [-0.1, -0.05) is 35.9 Å². The molecule has 5 nitrogen and oxygen atoms in total. The predicted octanol–water partition coefficient (Wildman–Crippen LogP) is 2.73. The van der Waals surface area contributed by atoms with Crippen LogP contribution in [-0.4, -0.2) is 23.2 Å². The van der Waals surface area contributed by atoms with Crippen LogP contribution in [0.1, 0.15) is 21.5 Å². The zero-order chi connectivity index (χ0) is 15.9. The summed E-state index contributed by atoms with van der Waals surface area (Å²) in [4.78, 5) is 22.4. The molecule has 0 heterocycles. The molecule has 6 heteroatoms. The highest BCUT2D eigenvalue weighted by Gasteiger charge is 2.02. The van der Waals surface area contributed by atoms with Crippen LogP contribution >= 0.6 is 11.6 Å². The van der Waals surface area contributed by atoms with Crippen molar-refractivity contribution in [3.05, 3.63) is 70.2 Å². The van der Waals surface area contributed by atoms with Crippen molar-refractivity contribution >= 4 is 29.7 Å². The van der Waals surface area contributed by atoms with Gasteiger partial charge in [0.15, 0.2) is 0 Å². The van der Waals surface area contributed by atoms with Crippen LogP contribution in [-0.2, 0) is 11.2 Å². The Kier molecular flexibility index (Phi) is 5.27. The SMILES string of the molecule is O=C(Cc1ccc(Cl)cc1)N/N=C\c1ccc(C(=O)O)cc1. The van der Waals surface area contributed by atoms with E-state index in [0.29, 0.717) is 10.6 Å². The molecule has 0 aromatic heterocycles. The van der Waals surface area contributed by atoms with Gasteiger partial charge in [0.25, 0.3) is 0 Å². The van der Waals surface area contributed by atoms with Gasteiger partial charge in [-0.15, -0.1) is 0 Å². The zero-order valence-electron chi connectivity index (χ0n) is 11.5. The normalized spacial score (nSPS) is 10.6. The third kappa shape index (κ3) is 4.71. The molecule has 0 saturated heterocycles. The molecule has 0 aliphatic carbocycles. The summed E-state index contributed by atoms with van der Waals surface area (Å²) in [6, 6.07) is 13.1. The van der Waals surface area contributed by atoms with Crippen molar-refractivity contribution in [1.29, 1.82) is 0 Å². The average molecular weight is 317 g/mol. The summed E-state index contributed by atoms with van der Waals surface area (Å²) in [5.41, 5.74) is 4.14. The van der Waals surface area contributed by atoms with Crippen LogP contribution in [0, 0.1) is 0 Å². The van der Waals surface area contributed by atoms with Crippen molar-refractivity contribution in [3.8, 4) is 0 Å². The Bertz CT molecular complexity index is 694. The van der Waals surface area contributed by atoms with Gasteiger partial charge in [-0.25, -0.2) is 10.2 Å². The van der Waals surface area contributed by atoms with Gasteiger partial charge < -0.3 is 5.11 Å². The van der Waals surface area contributed by atoms with Gasteiger partial charge in [-0.3, -0.25) is 4.79 Å². The number of benzene rings is 2. The van der Waals surface area contributed by atoms with Crippen molar-refractivity contribution in [1.82, 2.24) is 5.43 Å². The molecule has 112 valence electrons. The minimum atomic E-state index is -0.986. The molecule has 0 saturated carbocycles. The molecule has 2 rings (SSSR count). The molecule has 0 spiro atoms. The summed E-state index contributed by atoms with van der Waals surface area (Å²) < 4.78 is 0. The van der Waals surface area contributed by atoms with Gasteiger partial charge in [-0.05, 0) is 35.4 Å².